The molecule has 0 N–H and O–H groups in total. The quantitative estimate of drug-likeness (QED) is 0.591. The van der Waals surface area contributed by atoms with E-state index >= 15 is 0 Å². The zero-order valence-corrected chi connectivity index (χ0v) is 16.4. The zero-order chi connectivity index (χ0) is 18.0. The Balaban J connectivity index is 1.77. The van der Waals surface area contributed by atoms with Crippen LogP contribution in [0.5, 0.6) is 0 Å². The van der Waals surface area contributed by atoms with Crippen molar-refractivity contribution in [2.45, 2.75) is 26.3 Å². The van der Waals surface area contributed by atoms with Gasteiger partial charge in [0.15, 0.2) is 0 Å². The van der Waals surface area contributed by atoms with Crippen molar-refractivity contribution in [2.24, 2.45) is 0 Å². The molecule has 1 fully saturated rings. The molecule has 0 aromatic heterocycles. The van der Waals surface area contributed by atoms with Gasteiger partial charge in [0.1, 0.15) is 0 Å². The molecule has 1 saturated heterocycles. The summed E-state index contributed by atoms with van der Waals surface area (Å²) < 4.78 is 0.968. The van der Waals surface area contributed by atoms with E-state index < -0.39 is 0 Å². The third kappa shape index (κ3) is 4.22. The fourth-order valence-corrected chi connectivity index (χ4v) is 3.64. The molecule has 128 valence electrons. The second-order valence-electron chi connectivity index (χ2n) is 6.22. The van der Waals surface area contributed by atoms with E-state index in [4.69, 9.17) is 0 Å². The number of carbonyl (C=O) groups excluding carboxylic acids is 2. The third-order valence-electron chi connectivity index (χ3n) is 4.03. The normalized spacial score (nSPS) is 16.3. The maximum absolute atomic E-state index is 12.6. The summed E-state index contributed by atoms with van der Waals surface area (Å²) in [5.41, 5.74) is 3.10. The lowest BCUT2D eigenvalue weighted by molar-refractivity contribution is -0.123. The lowest BCUT2D eigenvalue weighted by Crippen LogP contribution is -2.27. The first kappa shape index (κ1) is 18.0. The van der Waals surface area contributed by atoms with Gasteiger partial charge in [-0.3, -0.25) is 14.5 Å². The van der Waals surface area contributed by atoms with Crippen LogP contribution in [0.2, 0.25) is 0 Å². The minimum atomic E-state index is -0.231. The molecule has 0 saturated carbocycles. The summed E-state index contributed by atoms with van der Waals surface area (Å²) in [4.78, 5) is 26.6. The van der Waals surface area contributed by atoms with Crippen LogP contribution in [0.3, 0.4) is 0 Å². The molecule has 25 heavy (non-hydrogen) atoms. The Morgan fingerprint density at radius 2 is 1.68 bits per heavy atom. The van der Waals surface area contributed by atoms with Gasteiger partial charge in [-0.1, -0.05) is 66.2 Å². The van der Waals surface area contributed by atoms with Crippen molar-refractivity contribution in [2.75, 3.05) is 0 Å². The number of nitrogens with zero attached hydrogens (tertiary/aromatic N) is 1. The Hall–Kier alpha value is -1.85. The summed E-state index contributed by atoms with van der Waals surface area (Å²) in [6.45, 7) is 4.58. The Morgan fingerprint density at radius 1 is 1.04 bits per heavy atom. The summed E-state index contributed by atoms with van der Waals surface area (Å²) in [5, 5.41) is -0.224. The number of benzene rings is 2. The fraction of sp³-hybridized carbons (Fsp3) is 0.200. The molecule has 0 bridgehead atoms. The van der Waals surface area contributed by atoms with Crippen molar-refractivity contribution in [1.29, 1.82) is 0 Å². The summed E-state index contributed by atoms with van der Waals surface area (Å²) in [5.74, 6) is 0.234. The lowest BCUT2D eigenvalue weighted by atomic mass is 10.0. The van der Waals surface area contributed by atoms with Crippen LogP contribution in [-0.4, -0.2) is 16.0 Å². The number of imide groups is 1. The monoisotopic (exact) mass is 415 g/mol. The van der Waals surface area contributed by atoms with Crippen LogP contribution in [0.4, 0.5) is 4.79 Å². The van der Waals surface area contributed by atoms with E-state index in [1.54, 1.807) is 6.08 Å². The van der Waals surface area contributed by atoms with Gasteiger partial charge in [-0.15, -0.1) is 0 Å². The van der Waals surface area contributed by atoms with E-state index in [2.05, 4.69) is 41.9 Å². The Morgan fingerprint density at radius 3 is 2.28 bits per heavy atom. The van der Waals surface area contributed by atoms with Crippen molar-refractivity contribution in [3.8, 4) is 0 Å². The molecule has 3 rings (SSSR count). The average Bonchev–Trinajstić information content (AvgIpc) is 2.85. The standard InChI is InChI=1S/C20H18BrNO2S/c1-13(2)16-7-3-14(4-8-16)11-18-19(23)22(20(24)25-18)12-15-5-9-17(21)10-6-15/h3-11,13H,12H2,1-2H3/b18-11-. The van der Waals surface area contributed by atoms with Crippen LogP contribution in [0.25, 0.3) is 6.08 Å². The van der Waals surface area contributed by atoms with Gasteiger partial charge in [0.25, 0.3) is 11.1 Å². The van der Waals surface area contributed by atoms with Crippen LogP contribution in [0.1, 0.15) is 36.5 Å². The van der Waals surface area contributed by atoms with Gasteiger partial charge in [0.05, 0.1) is 11.4 Å². The summed E-state index contributed by atoms with van der Waals surface area (Å²) in [6, 6.07) is 15.7. The number of hydrogen-bond donors (Lipinski definition) is 0. The molecule has 1 aliphatic heterocycles. The Kier molecular flexibility index (Phi) is 5.45. The average molecular weight is 416 g/mol. The molecule has 5 heteroatoms. The Labute approximate surface area is 160 Å². The largest absolute Gasteiger partial charge is 0.293 e. The van der Waals surface area contributed by atoms with Gasteiger partial charge in [0, 0.05) is 4.47 Å². The first-order valence-electron chi connectivity index (χ1n) is 8.04. The highest BCUT2D eigenvalue weighted by molar-refractivity contribution is 9.10. The number of amides is 2. The summed E-state index contributed by atoms with van der Waals surface area (Å²) in [6.07, 6.45) is 1.79. The molecular weight excluding hydrogens is 398 g/mol. The van der Waals surface area contributed by atoms with Crippen LogP contribution in [0, 0.1) is 0 Å². The predicted molar refractivity (Wildman–Crippen MR) is 106 cm³/mol. The van der Waals surface area contributed by atoms with Gasteiger partial charge in [0.2, 0.25) is 0 Å². The smallest absolute Gasteiger partial charge is 0.268 e. The Bertz CT molecular complexity index is 826. The molecule has 0 unspecified atom stereocenters. The fourth-order valence-electron chi connectivity index (χ4n) is 2.54. The molecule has 1 heterocycles. The van der Waals surface area contributed by atoms with Gasteiger partial charge in [-0.25, -0.2) is 0 Å². The van der Waals surface area contributed by atoms with E-state index in [1.165, 1.54) is 10.5 Å². The number of halogens is 1. The van der Waals surface area contributed by atoms with Crippen molar-refractivity contribution < 1.29 is 9.59 Å². The van der Waals surface area contributed by atoms with Crippen LogP contribution in [0.15, 0.2) is 57.9 Å². The van der Waals surface area contributed by atoms with Crippen LogP contribution < -0.4 is 0 Å². The molecule has 0 aliphatic carbocycles. The number of carbonyl (C=O) groups is 2. The molecule has 0 radical (unpaired) electrons. The van der Waals surface area contributed by atoms with E-state index in [-0.39, 0.29) is 11.1 Å². The first-order valence-corrected chi connectivity index (χ1v) is 9.65. The molecular formula is C20H18BrNO2S. The topological polar surface area (TPSA) is 37.4 Å². The number of hydrogen-bond acceptors (Lipinski definition) is 3. The molecule has 3 nitrogen and oxygen atoms in total. The van der Waals surface area contributed by atoms with Crippen molar-refractivity contribution >= 4 is 44.9 Å². The molecule has 0 spiro atoms. The maximum Gasteiger partial charge on any atom is 0.293 e. The van der Waals surface area contributed by atoms with Gasteiger partial charge in [-0.2, -0.15) is 0 Å². The van der Waals surface area contributed by atoms with Gasteiger partial charge < -0.3 is 0 Å². The molecule has 0 atom stereocenters. The highest BCUT2D eigenvalue weighted by Crippen LogP contribution is 2.33. The van der Waals surface area contributed by atoms with Crippen molar-refractivity contribution in [1.82, 2.24) is 4.90 Å². The second-order valence-corrected chi connectivity index (χ2v) is 8.12. The van der Waals surface area contributed by atoms with Gasteiger partial charge in [-0.05, 0) is 52.6 Å². The van der Waals surface area contributed by atoms with Crippen LogP contribution >= 0.6 is 27.7 Å². The number of thioether (sulfide) groups is 1. The summed E-state index contributed by atoms with van der Waals surface area (Å²) >= 11 is 4.38. The highest BCUT2D eigenvalue weighted by Gasteiger charge is 2.34. The molecule has 2 amide bonds. The van der Waals surface area contributed by atoms with E-state index in [0.717, 1.165) is 27.4 Å². The predicted octanol–water partition coefficient (Wildman–Crippen LogP) is 5.81. The third-order valence-corrected chi connectivity index (χ3v) is 5.46. The minimum Gasteiger partial charge on any atom is -0.268 e. The minimum absolute atomic E-state index is 0.224. The molecule has 1 aliphatic rings. The van der Waals surface area contributed by atoms with E-state index in [0.29, 0.717) is 17.4 Å². The SMILES string of the molecule is CC(C)c1ccc(/C=C2\SC(=O)N(Cc3ccc(Br)cc3)C2=O)cc1. The molecule has 2 aromatic rings. The molecule has 2 aromatic carbocycles. The summed E-state index contributed by atoms with van der Waals surface area (Å²) in [7, 11) is 0. The zero-order valence-electron chi connectivity index (χ0n) is 14.0. The van der Waals surface area contributed by atoms with Crippen molar-refractivity contribution in [3.63, 3.8) is 0 Å². The van der Waals surface area contributed by atoms with Crippen LogP contribution in [-0.2, 0) is 11.3 Å². The first-order chi connectivity index (χ1) is 11.9. The van der Waals surface area contributed by atoms with Gasteiger partial charge >= 0.3 is 0 Å². The second kappa shape index (κ2) is 7.58. The van der Waals surface area contributed by atoms with E-state index in [9.17, 15) is 9.59 Å². The highest BCUT2D eigenvalue weighted by atomic mass is 79.9. The lowest BCUT2D eigenvalue weighted by Gasteiger charge is -2.12. The maximum atomic E-state index is 12.6. The van der Waals surface area contributed by atoms with Crippen molar-refractivity contribution in [3.05, 3.63) is 74.6 Å². The number of rotatable bonds is 4. The van der Waals surface area contributed by atoms with E-state index in [1.807, 2.05) is 36.4 Å².